The summed E-state index contributed by atoms with van der Waals surface area (Å²) in [5, 5.41) is 47.1. The van der Waals surface area contributed by atoms with Crippen molar-refractivity contribution in [2.45, 2.75) is 82.1 Å². The van der Waals surface area contributed by atoms with E-state index in [1.54, 1.807) is 30.3 Å². The Morgan fingerprint density at radius 2 is 1.61 bits per heavy atom. The number of carbonyl (C=O) groups excluding carboxylic acids is 4. The highest BCUT2D eigenvalue weighted by atomic mass is 16.7. The number of carbonyl (C=O) groups is 4. The van der Waals surface area contributed by atoms with E-state index >= 15 is 0 Å². The summed E-state index contributed by atoms with van der Waals surface area (Å²) in [7, 11) is 0. The molecule has 1 aromatic carbocycles. The van der Waals surface area contributed by atoms with Crippen LogP contribution in [0.25, 0.3) is 0 Å². The van der Waals surface area contributed by atoms with Gasteiger partial charge in [0.2, 0.25) is 23.6 Å². The van der Waals surface area contributed by atoms with Crippen molar-refractivity contribution >= 4 is 23.6 Å². The molecule has 0 saturated carbocycles. The van der Waals surface area contributed by atoms with Gasteiger partial charge in [0.1, 0.15) is 42.5 Å². The van der Waals surface area contributed by atoms with Crippen molar-refractivity contribution in [3.63, 3.8) is 0 Å². The summed E-state index contributed by atoms with van der Waals surface area (Å²) in [4.78, 5) is 49.6. The molecule has 0 aliphatic carbocycles. The van der Waals surface area contributed by atoms with Gasteiger partial charge in [0.25, 0.3) is 0 Å². The lowest BCUT2D eigenvalue weighted by molar-refractivity contribution is -0.311. The third-order valence-corrected chi connectivity index (χ3v) is 6.01. The second-order valence-corrected chi connectivity index (χ2v) is 9.10. The average Bonchev–Trinajstić information content (AvgIpc) is 2.87. The minimum atomic E-state index is -1.76. The summed E-state index contributed by atoms with van der Waals surface area (Å²) in [6.07, 6.45) is -9.14. The van der Waals surface area contributed by atoms with Gasteiger partial charge in [0, 0.05) is 13.3 Å². The molecule has 1 aliphatic rings. The summed E-state index contributed by atoms with van der Waals surface area (Å²) in [6.45, 7) is 3.21. The molecule has 0 unspecified atom stereocenters. The number of ether oxygens (including phenoxy) is 2. The van der Waals surface area contributed by atoms with Crippen LogP contribution in [0, 0.1) is 0 Å². The zero-order valence-electron chi connectivity index (χ0n) is 21.3. The van der Waals surface area contributed by atoms with Crippen molar-refractivity contribution in [1.82, 2.24) is 16.0 Å². The number of rotatable bonds is 12. The molecule has 0 aromatic heterocycles. The Kier molecular flexibility index (Phi) is 11.6. The first-order chi connectivity index (χ1) is 17.8. The summed E-state index contributed by atoms with van der Waals surface area (Å²) < 4.78 is 11.0. The van der Waals surface area contributed by atoms with E-state index in [-0.39, 0.29) is 6.42 Å². The lowest BCUT2D eigenvalue weighted by Crippen LogP contribution is -2.63. The molecule has 0 bridgehead atoms. The van der Waals surface area contributed by atoms with Crippen LogP contribution in [0.5, 0.6) is 0 Å². The van der Waals surface area contributed by atoms with Gasteiger partial charge in [-0.3, -0.25) is 19.2 Å². The van der Waals surface area contributed by atoms with Gasteiger partial charge in [-0.1, -0.05) is 30.3 Å². The minimum absolute atomic E-state index is 0.0975. The highest BCUT2D eigenvalue weighted by molar-refractivity contribution is 5.94. The first kappa shape index (κ1) is 31.1. The molecule has 9 atom stereocenters. The highest BCUT2D eigenvalue weighted by Gasteiger charge is 2.45. The van der Waals surface area contributed by atoms with Crippen LogP contribution in [0.4, 0.5) is 0 Å². The maximum atomic E-state index is 13.2. The fourth-order valence-electron chi connectivity index (χ4n) is 3.80. The number of hydrogen-bond acceptors (Lipinski definition) is 10. The number of benzene rings is 1. The zero-order chi connectivity index (χ0) is 28.6. The largest absolute Gasteiger partial charge is 0.394 e. The topological polar surface area (TPSA) is 230 Å². The first-order valence-electron chi connectivity index (χ1n) is 12.0. The van der Waals surface area contributed by atoms with Gasteiger partial charge >= 0.3 is 0 Å². The van der Waals surface area contributed by atoms with Crippen LogP contribution in [0.2, 0.25) is 0 Å². The smallest absolute Gasteiger partial charge is 0.245 e. The number of nitrogens with two attached hydrogens (primary N) is 1. The van der Waals surface area contributed by atoms with Crippen molar-refractivity contribution in [2.75, 3.05) is 6.61 Å². The molecule has 0 spiro atoms. The molecule has 4 amide bonds. The lowest BCUT2D eigenvalue weighted by atomic mass is 9.99. The Hall–Kier alpha value is -3.14. The number of primary amides is 1. The lowest BCUT2D eigenvalue weighted by Gasteiger charge is -2.41. The van der Waals surface area contributed by atoms with Crippen LogP contribution in [-0.4, -0.2) is 106 Å². The molecule has 1 fully saturated rings. The van der Waals surface area contributed by atoms with E-state index in [0.717, 1.165) is 5.56 Å². The van der Waals surface area contributed by atoms with Crippen LogP contribution in [0.1, 0.15) is 26.3 Å². The van der Waals surface area contributed by atoms with Gasteiger partial charge in [-0.25, -0.2) is 0 Å². The minimum Gasteiger partial charge on any atom is -0.394 e. The van der Waals surface area contributed by atoms with Gasteiger partial charge < -0.3 is 51.6 Å². The number of amides is 4. The molecule has 212 valence electrons. The van der Waals surface area contributed by atoms with Gasteiger partial charge in [-0.05, 0) is 19.4 Å². The molecule has 14 nitrogen and oxygen atoms in total. The Morgan fingerprint density at radius 3 is 2.16 bits per heavy atom. The predicted octanol–water partition coefficient (Wildman–Crippen LogP) is -3.59. The predicted molar refractivity (Wildman–Crippen MR) is 131 cm³/mol. The summed E-state index contributed by atoms with van der Waals surface area (Å²) >= 11 is 0. The maximum Gasteiger partial charge on any atom is 0.245 e. The Balaban J connectivity index is 2.27. The summed E-state index contributed by atoms with van der Waals surface area (Å²) in [5.74, 6) is -2.95. The number of aliphatic hydroxyl groups is 4. The zero-order valence-corrected chi connectivity index (χ0v) is 21.3. The Labute approximate surface area is 219 Å². The SMILES string of the molecule is CC(=O)N[C@@H](Cc1ccccc1)C(=O)N[C@@H](C(=O)N[C@@H](C)C(N)=O)[C@@H](C)O[C@@H]1O[C@H](CO)[C@H](O)[C@H](O)[C@H]1O. The van der Waals surface area contributed by atoms with Crippen LogP contribution >= 0.6 is 0 Å². The second kappa shape index (κ2) is 14.1. The van der Waals surface area contributed by atoms with Crippen molar-refractivity contribution in [3.05, 3.63) is 35.9 Å². The number of hydrogen-bond donors (Lipinski definition) is 8. The quantitative estimate of drug-likeness (QED) is 0.130. The van der Waals surface area contributed by atoms with Crippen molar-refractivity contribution in [1.29, 1.82) is 0 Å². The van der Waals surface area contributed by atoms with Crippen molar-refractivity contribution in [2.24, 2.45) is 5.73 Å². The van der Waals surface area contributed by atoms with Gasteiger partial charge in [-0.2, -0.15) is 0 Å². The average molecular weight is 541 g/mol. The molecule has 9 N–H and O–H groups in total. The number of aliphatic hydroxyl groups excluding tert-OH is 4. The molecular formula is C24H36N4O10. The van der Waals surface area contributed by atoms with Crippen LogP contribution in [-0.2, 0) is 35.1 Å². The first-order valence-corrected chi connectivity index (χ1v) is 12.0. The standard InChI is InChI=1S/C24H36N4O10/c1-11(21(25)34)26-23(36)17(12(2)37-24-20(33)19(32)18(31)16(10-29)38-24)28-22(35)15(27-13(3)30)9-14-7-5-4-6-8-14/h4-8,11-12,15-20,24,29,31-33H,9-10H2,1-3H3,(H2,25,34)(H,26,36)(H,27,30)(H,28,35)/t11-,12+,15-,16+,17+,18-,19-,20+,24+/m0/s1. The molecule has 2 rings (SSSR count). The maximum absolute atomic E-state index is 13.2. The highest BCUT2D eigenvalue weighted by Crippen LogP contribution is 2.23. The number of nitrogens with one attached hydrogen (secondary N) is 3. The molecule has 1 aliphatic heterocycles. The van der Waals surface area contributed by atoms with Gasteiger partial charge in [-0.15, -0.1) is 0 Å². The fraction of sp³-hybridized carbons (Fsp3) is 0.583. The summed E-state index contributed by atoms with van der Waals surface area (Å²) in [6, 6.07) is 5.12. The van der Waals surface area contributed by atoms with E-state index in [9.17, 15) is 39.6 Å². The van der Waals surface area contributed by atoms with E-state index in [1.165, 1.54) is 20.8 Å². The second-order valence-electron chi connectivity index (χ2n) is 9.10. The Bertz CT molecular complexity index is 963. The van der Waals surface area contributed by atoms with Gasteiger partial charge in [0.05, 0.1) is 12.7 Å². The van der Waals surface area contributed by atoms with Crippen molar-refractivity contribution in [3.8, 4) is 0 Å². The van der Waals surface area contributed by atoms with Crippen LogP contribution in [0.3, 0.4) is 0 Å². The molecule has 1 saturated heterocycles. The normalized spacial score (nSPS) is 26.3. The van der Waals surface area contributed by atoms with Crippen LogP contribution in [0.15, 0.2) is 30.3 Å². The molecule has 14 heteroatoms. The van der Waals surface area contributed by atoms with E-state index in [0.29, 0.717) is 0 Å². The molecule has 0 radical (unpaired) electrons. The van der Waals surface area contributed by atoms with Crippen molar-refractivity contribution < 1.29 is 49.1 Å². The van der Waals surface area contributed by atoms with E-state index in [2.05, 4.69) is 16.0 Å². The van der Waals surface area contributed by atoms with Gasteiger partial charge in [0.15, 0.2) is 6.29 Å². The summed E-state index contributed by atoms with van der Waals surface area (Å²) in [5.41, 5.74) is 5.96. The molecule has 1 aromatic rings. The monoisotopic (exact) mass is 540 g/mol. The van der Waals surface area contributed by atoms with Crippen LogP contribution < -0.4 is 21.7 Å². The fourth-order valence-corrected chi connectivity index (χ4v) is 3.80. The third kappa shape index (κ3) is 8.44. The van der Waals surface area contributed by atoms with E-state index < -0.39 is 85.2 Å². The molecule has 1 heterocycles. The third-order valence-electron chi connectivity index (χ3n) is 6.01. The van der Waals surface area contributed by atoms with E-state index in [1.807, 2.05) is 0 Å². The molecular weight excluding hydrogens is 504 g/mol. The Morgan fingerprint density at radius 1 is 0.974 bits per heavy atom. The van der Waals surface area contributed by atoms with E-state index in [4.69, 9.17) is 15.2 Å². The molecule has 38 heavy (non-hydrogen) atoms.